The number of rotatable bonds is 4. The van der Waals surface area contributed by atoms with E-state index in [0.717, 1.165) is 6.42 Å². The van der Waals surface area contributed by atoms with Crippen LogP contribution in [-0.2, 0) is 0 Å². The van der Waals surface area contributed by atoms with Crippen molar-refractivity contribution in [2.45, 2.75) is 64.0 Å². The van der Waals surface area contributed by atoms with Crippen molar-refractivity contribution in [2.75, 3.05) is 0 Å². The van der Waals surface area contributed by atoms with E-state index in [1.807, 2.05) is 6.92 Å². The highest BCUT2D eigenvalue weighted by Crippen LogP contribution is 2.43. The van der Waals surface area contributed by atoms with Crippen molar-refractivity contribution in [2.24, 2.45) is 11.1 Å². The van der Waals surface area contributed by atoms with Crippen molar-refractivity contribution in [3.63, 3.8) is 0 Å². The minimum absolute atomic E-state index is 0.219. The van der Waals surface area contributed by atoms with Gasteiger partial charge in [-0.25, -0.2) is 0 Å². The lowest BCUT2D eigenvalue weighted by molar-refractivity contribution is -0.579. The van der Waals surface area contributed by atoms with Crippen LogP contribution in [0, 0.1) is 16.0 Å². The fraction of sp³-hybridized carbons (Fsp3) is 0.917. The minimum Gasteiger partial charge on any atom is -0.411 e. The van der Waals surface area contributed by atoms with Crippen LogP contribution in [0.3, 0.4) is 0 Å². The molecule has 3 atom stereocenters. The molecule has 0 aromatic carbocycles. The highest BCUT2D eigenvalue weighted by molar-refractivity contribution is 5.85. The average Bonchev–Trinajstić information content (AvgIpc) is 2.30. The number of hydrogen-bond acceptors (Lipinski definition) is 5. The van der Waals surface area contributed by atoms with Crippen molar-refractivity contribution >= 4 is 5.71 Å². The number of hydrogen-bond donors (Lipinski definition) is 2. The first kappa shape index (κ1) is 14.9. The van der Waals surface area contributed by atoms with Gasteiger partial charge in [-0.2, -0.15) is 0 Å². The van der Waals surface area contributed by atoms with Gasteiger partial charge in [-0.05, 0) is 26.7 Å². The fourth-order valence-corrected chi connectivity index (χ4v) is 2.98. The van der Waals surface area contributed by atoms with Crippen LogP contribution >= 0.6 is 0 Å². The molecule has 1 aliphatic carbocycles. The molecule has 0 radical (unpaired) electrons. The quantitative estimate of drug-likeness (QED) is 0.349. The van der Waals surface area contributed by atoms with Gasteiger partial charge in [0.15, 0.2) is 0 Å². The Hall–Kier alpha value is -1.17. The summed E-state index contributed by atoms with van der Waals surface area (Å²) < 4.78 is 0. The Kier molecular flexibility index (Phi) is 4.32. The summed E-state index contributed by atoms with van der Waals surface area (Å²) >= 11 is 0. The van der Waals surface area contributed by atoms with Gasteiger partial charge < -0.3 is 10.3 Å². The number of nitro groups is 1. The second kappa shape index (κ2) is 5.22. The Morgan fingerprint density at radius 3 is 2.61 bits per heavy atom. The van der Waals surface area contributed by atoms with Gasteiger partial charge in [0.25, 0.3) is 0 Å². The van der Waals surface area contributed by atoms with E-state index >= 15 is 0 Å². The van der Waals surface area contributed by atoms with Crippen molar-refractivity contribution in [3.8, 4) is 0 Å². The van der Waals surface area contributed by atoms with E-state index in [2.05, 4.69) is 5.16 Å². The van der Waals surface area contributed by atoms with Gasteiger partial charge in [-0.3, -0.25) is 10.1 Å². The Bertz CT molecular complexity index is 354. The molecule has 1 saturated carbocycles. The second-order valence-corrected chi connectivity index (χ2v) is 5.59. The molecule has 0 bridgehead atoms. The molecule has 0 unspecified atom stereocenters. The molecule has 0 aromatic rings. The van der Waals surface area contributed by atoms with Crippen LogP contribution in [-0.4, -0.2) is 32.1 Å². The summed E-state index contributed by atoms with van der Waals surface area (Å²) in [4.78, 5) is 11.1. The van der Waals surface area contributed by atoms with Crippen LogP contribution in [0.4, 0.5) is 0 Å². The predicted molar refractivity (Wildman–Crippen MR) is 67.5 cm³/mol. The lowest BCUT2D eigenvalue weighted by Crippen LogP contribution is -2.53. The van der Waals surface area contributed by atoms with Crippen LogP contribution in [0.15, 0.2) is 5.16 Å². The largest absolute Gasteiger partial charge is 0.411 e. The molecule has 0 spiro atoms. The van der Waals surface area contributed by atoms with E-state index in [0.29, 0.717) is 25.0 Å². The summed E-state index contributed by atoms with van der Waals surface area (Å²) in [5, 5.41) is 33.7. The van der Waals surface area contributed by atoms with Gasteiger partial charge in [0.1, 0.15) is 0 Å². The van der Waals surface area contributed by atoms with E-state index in [1.165, 1.54) is 0 Å². The van der Waals surface area contributed by atoms with E-state index in [-0.39, 0.29) is 11.3 Å². The van der Waals surface area contributed by atoms with Crippen molar-refractivity contribution in [3.05, 3.63) is 10.1 Å². The molecule has 6 nitrogen and oxygen atoms in total. The summed E-state index contributed by atoms with van der Waals surface area (Å²) in [6.07, 6.45) is 2.18. The molecular weight excluding hydrogens is 236 g/mol. The van der Waals surface area contributed by atoms with Gasteiger partial charge in [-0.15, -0.1) is 0 Å². The summed E-state index contributed by atoms with van der Waals surface area (Å²) in [5.74, 6) is -0.465. The second-order valence-electron chi connectivity index (χ2n) is 5.59. The molecule has 6 heteroatoms. The first-order valence-corrected chi connectivity index (χ1v) is 6.34. The topological polar surface area (TPSA) is 96.0 Å². The molecule has 2 N–H and O–H groups in total. The third kappa shape index (κ3) is 2.63. The fourth-order valence-electron chi connectivity index (χ4n) is 2.98. The lowest BCUT2D eigenvalue weighted by Gasteiger charge is -2.42. The zero-order valence-electron chi connectivity index (χ0n) is 11.2. The number of aliphatic hydroxyl groups is 1. The summed E-state index contributed by atoms with van der Waals surface area (Å²) in [6.45, 7) is 5.17. The Morgan fingerprint density at radius 1 is 1.56 bits per heavy atom. The molecule has 1 rings (SSSR count). The molecule has 0 saturated heterocycles. The smallest absolute Gasteiger partial charge is 0.223 e. The van der Waals surface area contributed by atoms with Crippen LogP contribution < -0.4 is 0 Å². The van der Waals surface area contributed by atoms with Crippen molar-refractivity contribution < 1.29 is 15.2 Å². The van der Waals surface area contributed by atoms with Crippen LogP contribution in [0.25, 0.3) is 0 Å². The first-order chi connectivity index (χ1) is 8.29. The SMILES string of the molecule is CCC[C@@]1([N+](=O)[O-])CC[C@@](C)(O)[C@H](/C(C)=N\O)C1. The molecule has 18 heavy (non-hydrogen) atoms. The Labute approximate surface area is 107 Å². The molecule has 1 fully saturated rings. The maximum atomic E-state index is 11.4. The highest BCUT2D eigenvalue weighted by Gasteiger charge is 2.53. The van der Waals surface area contributed by atoms with Crippen molar-refractivity contribution in [1.82, 2.24) is 0 Å². The van der Waals surface area contributed by atoms with E-state index in [9.17, 15) is 15.2 Å². The summed E-state index contributed by atoms with van der Waals surface area (Å²) in [6, 6.07) is 0. The number of oxime groups is 1. The maximum absolute atomic E-state index is 11.4. The third-order valence-electron chi connectivity index (χ3n) is 4.20. The van der Waals surface area contributed by atoms with Gasteiger partial charge in [0.05, 0.1) is 11.3 Å². The van der Waals surface area contributed by atoms with Crippen LogP contribution in [0.2, 0.25) is 0 Å². The summed E-state index contributed by atoms with van der Waals surface area (Å²) in [5.41, 5.74) is -1.67. The Morgan fingerprint density at radius 2 is 2.17 bits per heavy atom. The zero-order valence-corrected chi connectivity index (χ0v) is 11.2. The normalized spacial score (nSPS) is 37.6. The minimum atomic E-state index is -1.04. The van der Waals surface area contributed by atoms with E-state index in [1.54, 1.807) is 13.8 Å². The third-order valence-corrected chi connectivity index (χ3v) is 4.20. The molecular formula is C12H22N2O4. The molecule has 0 aliphatic heterocycles. The highest BCUT2D eigenvalue weighted by atomic mass is 16.6. The Balaban J connectivity index is 3.05. The zero-order chi connectivity index (χ0) is 14.0. The van der Waals surface area contributed by atoms with Crippen molar-refractivity contribution in [1.29, 1.82) is 0 Å². The molecule has 0 aromatic heterocycles. The van der Waals surface area contributed by atoms with Crippen LogP contribution in [0.5, 0.6) is 0 Å². The molecule has 1 aliphatic rings. The van der Waals surface area contributed by atoms with Gasteiger partial charge in [0, 0.05) is 30.1 Å². The molecule has 0 heterocycles. The lowest BCUT2D eigenvalue weighted by atomic mass is 9.65. The van der Waals surface area contributed by atoms with Gasteiger partial charge >= 0.3 is 0 Å². The maximum Gasteiger partial charge on any atom is 0.223 e. The number of nitrogens with zero attached hydrogens (tertiary/aromatic N) is 2. The molecule has 104 valence electrons. The average molecular weight is 258 g/mol. The first-order valence-electron chi connectivity index (χ1n) is 6.34. The van der Waals surface area contributed by atoms with E-state index in [4.69, 9.17) is 5.21 Å². The predicted octanol–water partition coefficient (Wildman–Crippen LogP) is 2.20. The molecule has 0 amide bonds. The van der Waals surface area contributed by atoms with Gasteiger partial charge in [0.2, 0.25) is 5.54 Å². The van der Waals surface area contributed by atoms with Gasteiger partial charge in [-0.1, -0.05) is 12.1 Å². The monoisotopic (exact) mass is 258 g/mol. The van der Waals surface area contributed by atoms with E-state index < -0.39 is 17.1 Å². The van der Waals surface area contributed by atoms with Crippen LogP contribution in [0.1, 0.15) is 52.9 Å². The standard InChI is InChI=1S/C12H22N2O4/c1-4-5-12(14(17)18)7-6-11(3,15)10(8-12)9(2)13-16/h10,15-16H,4-8H2,1-3H3/b13-9-/t10-,11+,12+/m0/s1. The summed E-state index contributed by atoms with van der Waals surface area (Å²) in [7, 11) is 0.